The van der Waals surface area contributed by atoms with E-state index in [1.165, 1.54) is 11.3 Å². The van der Waals surface area contributed by atoms with Crippen LogP contribution in [0.2, 0.25) is 0 Å². The Hall–Kier alpha value is -1.43. The van der Waals surface area contributed by atoms with Crippen molar-refractivity contribution >= 4 is 27.3 Å². The molecule has 0 aliphatic carbocycles. The van der Waals surface area contributed by atoms with Gasteiger partial charge in [0.1, 0.15) is 0 Å². The molecule has 4 nitrogen and oxygen atoms in total. The molecule has 1 atom stereocenters. The lowest BCUT2D eigenvalue weighted by Crippen LogP contribution is -2.32. The minimum atomic E-state index is -0.313. The van der Waals surface area contributed by atoms with Crippen molar-refractivity contribution < 1.29 is 14.4 Å². The molecule has 1 aromatic carbocycles. The minimum absolute atomic E-state index is 0.213. The Balaban J connectivity index is 1.63. The van der Waals surface area contributed by atoms with Crippen LogP contribution in [0.5, 0.6) is 0 Å². The van der Waals surface area contributed by atoms with E-state index < -0.39 is 0 Å². The van der Waals surface area contributed by atoms with Crippen LogP contribution in [-0.4, -0.2) is 18.8 Å². The van der Waals surface area contributed by atoms with Gasteiger partial charge in [0.15, 0.2) is 6.29 Å². The van der Waals surface area contributed by atoms with Gasteiger partial charge < -0.3 is 4.74 Å². The second kappa shape index (κ2) is 5.69. The molecule has 1 aliphatic heterocycles. The number of hydroxylamine groups is 1. The molecular weight excluding hydrogens is 262 g/mol. The van der Waals surface area contributed by atoms with E-state index in [0.717, 1.165) is 29.3 Å². The lowest BCUT2D eigenvalue weighted by molar-refractivity contribution is -0.186. The minimum Gasteiger partial charge on any atom is -0.350 e. The van der Waals surface area contributed by atoms with E-state index in [4.69, 9.17) is 9.57 Å². The summed E-state index contributed by atoms with van der Waals surface area (Å²) in [4.78, 5) is 17.9. The second-order valence-electron chi connectivity index (χ2n) is 4.49. The zero-order valence-corrected chi connectivity index (χ0v) is 11.2. The van der Waals surface area contributed by atoms with Crippen LogP contribution < -0.4 is 5.48 Å². The third kappa shape index (κ3) is 2.94. The Morgan fingerprint density at radius 1 is 1.37 bits per heavy atom. The molecule has 1 N–H and O–H groups in total. The molecule has 1 aliphatic rings. The first-order chi connectivity index (χ1) is 9.33. The highest BCUT2D eigenvalue weighted by molar-refractivity contribution is 7.20. The fourth-order valence-electron chi connectivity index (χ4n) is 2.07. The van der Waals surface area contributed by atoms with Crippen LogP contribution in [0.4, 0.5) is 0 Å². The molecular formula is C14H15NO3S. The number of fused-ring (bicyclic) bond motifs is 1. The van der Waals surface area contributed by atoms with E-state index in [2.05, 4.69) is 5.48 Å². The SMILES string of the molecule is O=C(NOC1CCCCO1)c1cc2ccccc2s1. The Morgan fingerprint density at radius 2 is 2.26 bits per heavy atom. The van der Waals surface area contributed by atoms with Gasteiger partial charge in [0.25, 0.3) is 5.91 Å². The van der Waals surface area contributed by atoms with Crippen molar-refractivity contribution in [3.8, 4) is 0 Å². The van der Waals surface area contributed by atoms with E-state index in [1.807, 2.05) is 30.3 Å². The third-order valence-corrected chi connectivity index (χ3v) is 4.19. The smallest absolute Gasteiger partial charge is 0.285 e. The Kier molecular flexibility index (Phi) is 3.77. The van der Waals surface area contributed by atoms with Gasteiger partial charge in [0, 0.05) is 17.7 Å². The van der Waals surface area contributed by atoms with Crippen molar-refractivity contribution in [3.63, 3.8) is 0 Å². The molecule has 1 fully saturated rings. The maximum atomic E-state index is 12.0. The number of rotatable bonds is 3. The van der Waals surface area contributed by atoms with Crippen molar-refractivity contribution in [1.82, 2.24) is 5.48 Å². The number of ether oxygens (including phenoxy) is 1. The summed E-state index contributed by atoms with van der Waals surface area (Å²) in [5.74, 6) is -0.213. The fraction of sp³-hybridized carbons (Fsp3) is 0.357. The highest BCUT2D eigenvalue weighted by Gasteiger charge is 2.17. The van der Waals surface area contributed by atoms with Crippen molar-refractivity contribution in [1.29, 1.82) is 0 Å². The number of carbonyl (C=O) groups is 1. The summed E-state index contributed by atoms with van der Waals surface area (Å²) < 4.78 is 6.49. The van der Waals surface area contributed by atoms with E-state index in [0.29, 0.717) is 11.5 Å². The Bertz CT molecular complexity index is 542. The summed E-state index contributed by atoms with van der Waals surface area (Å²) in [6.45, 7) is 0.698. The topological polar surface area (TPSA) is 47.6 Å². The summed E-state index contributed by atoms with van der Waals surface area (Å²) in [5.41, 5.74) is 2.48. The maximum absolute atomic E-state index is 12.0. The van der Waals surface area contributed by atoms with E-state index in [9.17, 15) is 4.79 Å². The zero-order chi connectivity index (χ0) is 13.1. The van der Waals surface area contributed by atoms with Gasteiger partial charge >= 0.3 is 0 Å². The summed E-state index contributed by atoms with van der Waals surface area (Å²) in [5, 5.41) is 1.08. The lowest BCUT2D eigenvalue weighted by Gasteiger charge is -2.21. The van der Waals surface area contributed by atoms with Gasteiger partial charge in [-0.15, -0.1) is 11.3 Å². The van der Waals surface area contributed by atoms with Crippen molar-refractivity contribution in [2.24, 2.45) is 0 Å². The van der Waals surface area contributed by atoms with E-state index in [-0.39, 0.29) is 12.2 Å². The van der Waals surface area contributed by atoms with Crippen LogP contribution in [0.3, 0.4) is 0 Å². The maximum Gasteiger partial charge on any atom is 0.285 e. The molecule has 1 amide bonds. The van der Waals surface area contributed by atoms with Crippen molar-refractivity contribution in [3.05, 3.63) is 35.2 Å². The van der Waals surface area contributed by atoms with Crippen LogP contribution >= 0.6 is 11.3 Å². The molecule has 0 bridgehead atoms. The van der Waals surface area contributed by atoms with Gasteiger partial charge in [0.2, 0.25) is 0 Å². The first-order valence-electron chi connectivity index (χ1n) is 6.39. The number of hydrogen-bond acceptors (Lipinski definition) is 4. The second-order valence-corrected chi connectivity index (χ2v) is 5.58. The molecule has 0 spiro atoms. The quantitative estimate of drug-likeness (QED) is 0.877. The van der Waals surface area contributed by atoms with Crippen LogP contribution in [0, 0.1) is 0 Å². The standard InChI is InChI=1S/C14H15NO3S/c16-14(15-18-13-7-3-4-8-17-13)12-9-10-5-1-2-6-11(10)19-12/h1-2,5-6,9,13H,3-4,7-8H2,(H,15,16). The van der Waals surface area contributed by atoms with Crippen molar-refractivity contribution in [2.45, 2.75) is 25.6 Å². The normalized spacial score (nSPS) is 19.5. The highest BCUT2D eigenvalue weighted by atomic mass is 32.1. The average molecular weight is 277 g/mol. The number of benzene rings is 1. The van der Waals surface area contributed by atoms with Gasteiger partial charge in [0.05, 0.1) is 4.88 Å². The van der Waals surface area contributed by atoms with Gasteiger partial charge in [-0.25, -0.2) is 10.3 Å². The van der Waals surface area contributed by atoms with Gasteiger partial charge in [-0.3, -0.25) is 4.79 Å². The highest BCUT2D eigenvalue weighted by Crippen LogP contribution is 2.25. The number of thiophene rings is 1. The molecule has 2 aromatic rings. The molecule has 0 radical (unpaired) electrons. The van der Waals surface area contributed by atoms with Gasteiger partial charge in [-0.1, -0.05) is 18.2 Å². The van der Waals surface area contributed by atoms with Crippen LogP contribution in [-0.2, 0) is 9.57 Å². The molecule has 19 heavy (non-hydrogen) atoms. The number of carbonyl (C=O) groups excluding carboxylic acids is 1. The van der Waals surface area contributed by atoms with Crippen molar-refractivity contribution in [2.75, 3.05) is 6.61 Å². The van der Waals surface area contributed by atoms with Crippen LogP contribution in [0.25, 0.3) is 10.1 Å². The number of nitrogens with one attached hydrogen (secondary N) is 1. The first kappa shape index (κ1) is 12.6. The monoisotopic (exact) mass is 277 g/mol. The third-order valence-electron chi connectivity index (χ3n) is 3.07. The Labute approximate surface area is 115 Å². The molecule has 1 saturated heterocycles. The van der Waals surface area contributed by atoms with Gasteiger partial charge in [-0.2, -0.15) is 0 Å². The predicted molar refractivity (Wildman–Crippen MR) is 74.0 cm³/mol. The molecule has 100 valence electrons. The molecule has 1 aromatic heterocycles. The van der Waals surface area contributed by atoms with Crippen LogP contribution in [0.1, 0.15) is 28.9 Å². The first-order valence-corrected chi connectivity index (χ1v) is 7.21. The molecule has 5 heteroatoms. The fourth-order valence-corrected chi connectivity index (χ4v) is 3.02. The number of hydrogen-bond donors (Lipinski definition) is 1. The molecule has 0 saturated carbocycles. The average Bonchev–Trinajstić information content (AvgIpc) is 2.90. The Morgan fingerprint density at radius 3 is 3.05 bits per heavy atom. The summed E-state index contributed by atoms with van der Waals surface area (Å²) in [6.07, 6.45) is 2.65. The molecule has 2 heterocycles. The summed E-state index contributed by atoms with van der Waals surface area (Å²) in [7, 11) is 0. The lowest BCUT2D eigenvalue weighted by atomic mass is 10.2. The zero-order valence-electron chi connectivity index (χ0n) is 10.4. The largest absolute Gasteiger partial charge is 0.350 e. The summed E-state index contributed by atoms with van der Waals surface area (Å²) in [6, 6.07) is 9.80. The predicted octanol–water partition coefficient (Wildman–Crippen LogP) is 3.09. The summed E-state index contributed by atoms with van der Waals surface area (Å²) >= 11 is 1.46. The van der Waals surface area contributed by atoms with E-state index >= 15 is 0 Å². The van der Waals surface area contributed by atoms with E-state index in [1.54, 1.807) is 0 Å². The molecule has 1 unspecified atom stereocenters. The van der Waals surface area contributed by atoms with Gasteiger partial charge in [-0.05, 0) is 30.4 Å². The number of amides is 1. The molecule has 3 rings (SSSR count). The van der Waals surface area contributed by atoms with Crippen LogP contribution in [0.15, 0.2) is 30.3 Å².